The molecule has 1 amide bonds. The molecule has 1 aliphatic rings. The maximum atomic E-state index is 12.8. The highest BCUT2D eigenvalue weighted by atomic mass is 32.2. The summed E-state index contributed by atoms with van der Waals surface area (Å²) < 4.78 is 3.93. The van der Waals surface area contributed by atoms with Gasteiger partial charge in [-0.15, -0.1) is 10.2 Å². The molecule has 4 rings (SSSR count). The van der Waals surface area contributed by atoms with E-state index in [9.17, 15) is 4.79 Å². The number of nitrogens with one attached hydrogen (secondary N) is 1. The van der Waals surface area contributed by atoms with Crippen LogP contribution in [-0.4, -0.2) is 40.7 Å². The zero-order valence-corrected chi connectivity index (χ0v) is 17.2. The summed E-state index contributed by atoms with van der Waals surface area (Å²) in [7, 11) is 1.87. The van der Waals surface area contributed by atoms with Crippen LogP contribution >= 0.6 is 11.8 Å². The van der Waals surface area contributed by atoms with E-state index < -0.39 is 0 Å². The summed E-state index contributed by atoms with van der Waals surface area (Å²) in [6.07, 6.45) is 5.72. The predicted molar refractivity (Wildman–Crippen MR) is 108 cm³/mol. The molecule has 1 saturated carbocycles. The molecule has 0 radical (unpaired) electrons. The van der Waals surface area contributed by atoms with Crippen molar-refractivity contribution in [2.24, 2.45) is 7.05 Å². The van der Waals surface area contributed by atoms with E-state index >= 15 is 0 Å². The standard InChI is InChI=1S/C19H23N7OS/c1-11-16(12(2)25(4)24-11)21-18(27)13(3)28-19-23-22-17(26(19)15-5-6-15)14-7-9-20-10-8-14/h7-10,13,15H,5-6H2,1-4H3,(H,21,27)/t13-/m0/s1. The summed E-state index contributed by atoms with van der Waals surface area (Å²) in [5.41, 5.74) is 3.51. The van der Waals surface area contributed by atoms with E-state index in [4.69, 9.17) is 0 Å². The van der Waals surface area contributed by atoms with Crippen LogP contribution in [0.25, 0.3) is 11.4 Å². The molecule has 146 valence electrons. The first kappa shape index (κ1) is 18.7. The third kappa shape index (κ3) is 3.54. The molecule has 8 nitrogen and oxygen atoms in total. The molecule has 28 heavy (non-hydrogen) atoms. The number of thioether (sulfide) groups is 1. The minimum Gasteiger partial charge on any atom is -0.322 e. The average Bonchev–Trinajstić information content (AvgIpc) is 3.40. The number of pyridine rings is 1. The number of nitrogens with zero attached hydrogens (tertiary/aromatic N) is 6. The summed E-state index contributed by atoms with van der Waals surface area (Å²) in [4.78, 5) is 16.8. The molecule has 1 N–H and O–H groups in total. The summed E-state index contributed by atoms with van der Waals surface area (Å²) in [6, 6.07) is 4.27. The molecule has 0 aliphatic heterocycles. The number of aryl methyl sites for hydroxylation is 2. The molecule has 1 fully saturated rings. The highest BCUT2D eigenvalue weighted by molar-refractivity contribution is 8.00. The normalized spacial score (nSPS) is 14.9. The first-order chi connectivity index (χ1) is 13.5. The number of amides is 1. The van der Waals surface area contributed by atoms with Gasteiger partial charge in [-0.1, -0.05) is 11.8 Å². The smallest absolute Gasteiger partial charge is 0.237 e. The van der Waals surface area contributed by atoms with Gasteiger partial charge < -0.3 is 5.32 Å². The molecule has 3 aromatic heterocycles. The van der Waals surface area contributed by atoms with E-state index in [1.54, 1.807) is 17.1 Å². The van der Waals surface area contributed by atoms with E-state index in [1.165, 1.54) is 11.8 Å². The summed E-state index contributed by atoms with van der Waals surface area (Å²) in [6.45, 7) is 5.72. The van der Waals surface area contributed by atoms with E-state index in [0.29, 0.717) is 6.04 Å². The largest absolute Gasteiger partial charge is 0.322 e. The van der Waals surface area contributed by atoms with Crippen molar-refractivity contribution in [3.63, 3.8) is 0 Å². The second-order valence-electron chi connectivity index (χ2n) is 7.06. The van der Waals surface area contributed by atoms with Crippen LogP contribution in [0.2, 0.25) is 0 Å². The SMILES string of the molecule is Cc1nn(C)c(C)c1NC(=O)[C@H](C)Sc1nnc(-c2ccncc2)n1C1CC1. The molecule has 3 heterocycles. The minimum absolute atomic E-state index is 0.0694. The van der Waals surface area contributed by atoms with E-state index in [2.05, 4.69) is 30.2 Å². The fraction of sp³-hybridized carbons (Fsp3) is 0.421. The number of anilines is 1. The van der Waals surface area contributed by atoms with Gasteiger partial charge in [-0.3, -0.25) is 19.0 Å². The average molecular weight is 398 g/mol. The lowest BCUT2D eigenvalue weighted by atomic mass is 10.2. The first-order valence-electron chi connectivity index (χ1n) is 9.28. The van der Waals surface area contributed by atoms with Crippen LogP contribution in [0.4, 0.5) is 5.69 Å². The molecular weight excluding hydrogens is 374 g/mol. The van der Waals surface area contributed by atoms with Gasteiger partial charge in [-0.2, -0.15) is 5.10 Å². The number of carbonyl (C=O) groups is 1. The van der Waals surface area contributed by atoms with Gasteiger partial charge in [0.05, 0.1) is 22.3 Å². The first-order valence-corrected chi connectivity index (χ1v) is 10.2. The van der Waals surface area contributed by atoms with Crippen molar-refractivity contribution >= 4 is 23.4 Å². The van der Waals surface area contributed by atoms with Crippen molar-refractivity contribution < 1.29 is 4.79 Å². The molecule has 0 spiro atoms. The number of aromatic nitrogens is 6. The monoisotopic (exact) mass is 397 g/mol. The van der Waals surface area contributed by atoms with Gasteiger partial charge in [-0.25, -0.2) is 0 Å². The van der Waals surface area contributed by atoms with Crippen molar-refractivity contribution in [1.82, 2.24) is 29.5 Å². The van der Waals surface area contributed by atoms with Crippen molar-refractivity contribution in [2.45, 2.75) is 50.1 Å². The Kier molecular flexibility index (Phi) is 4.92. The van der Waals surface area contributed by atoms with Gasteiger partial charge in [0.1, 0.15) is 0 Å². The van der Waals surface area contributed by atoms with Gasteiger partial charge >= 0.3 is 0 Å². The Bertz CT molecular complexity index is 1010. The molecule has 0 unspecified atom stereocenters. The maximum absolute atomic E-state index is 12.8. The van der Waals surface area contributed by atoms with Crippen LogP contribution in [0.5, 0.6) is 0 Å². The van der Waals surface area contributed by atoms with Crippen LogP contribution < -0.4 is 5.32 Å². The Balaban J connectivity index is 1.54. The topological polar surface area (TPSA) is 90.5 Å². The quantitative estimate of drug-likeness (QED) is 0.643. The predicted octanol–water partition coefficient (Wildman–Crippen LogP) is 3.14. The molecule has 1 aliphatic carbocycles. The lowest BCUT2D eigenvalue weighted by Gasteiger charge is -2.13. The van der Waals surface area contributed by atoms with Crippen molar-refractivity contribution in [1.29, 1.82) is 0 Å². The van der Waals surface area contributed by atoms with Crippen LogP contribution in [0.15, 0.2) is 29.7 Å². The van der Waals surface area contributed by atoms with E-state index in [0.717, 1.165) is 46.5 Å². The molecule has 9 heteroatoms. The minimum atomic E-state index is -0.314. The van der Waals surface area contributed by atoms with Crippen molar-refractivity contribution in [2.75, 3.05) is 5.32 Å². The molecule has 0 saturated heterocycles. The Morgan fingerprint density at radius 1 is 1.25 bits per heavy atom. The fourth-order valence-corrected chi connectivity index (χ4v) is 4.03. The zero-order chi connectivity index (χ0) is 19.8. The second-order valence-corrected chi connectivity index (χ2v) is 8.37. The third-order valence-electron chi connectivity index (χ3n) is 4.92. The Labute approximate surface area is 167 Å². The van der Waals surface area contributed by atoms with Gasteiger partial charge in [0.2, 0.25) is 5.91 Å². The lowest BCUT2D eigenvalue weighted by molar-refractivity contribution is -0.115. The Hall–Kier alpha value is -2.68. The van der Waals surface area contributed by atoms with Gasteiger partial charge in [0.25, 0.3) is 0 Å². The second kappa shape index (κ2) is 7.38. The molecular formula is C19H23N7OS. The summed E-state index contributed by atoms with van der Waals surface area (Å²) >= 11 is 1.43. The highest BCUT2D eigenvalue weighted by Crippen LogP contribution is 2.41. The number of carbonyl (C=O) groups excluding carboxylic acids is 1. The van der Waals surface area contributed by atoms with Gasteiger partial charge in [-0.05, 0) is 45.7 Å². The number of hydrogen-bond donors (Lipinski definition) is 1. The van der Waals surface area contributed by atoms with Crippen LogP contribution in [0.1, 0.15) is 37.2 Å². The van der Waals surface area contributed by atoms with Crippen molar-refractivity contribution in [3.05, 3.63) is 35.9 Å². The third-order valence-corrected chi connectivity index (χ3v) is 5.98. The van der Waals surface area contributed by atoms with Gasteiger partial charge in [0, 0.05) is 31.0 Å². The summed E-state index contributed by atoms with van der Waals surface area (Å²) in [5, 5.41) is 16.6. The Morgan fingerprint density at radius 2 is 1.96 bits per heavy atom. The van der Waals surface area contributed by atoms with Crippen molar-refractivity contribution in [3.8, 4) is 11.4 Å². The lowest BCUT2D eigenvalue weighted by Crippen LogP contribution is -2.23. The molecule has 3 aromatic rings. The van der Waals surface area contributed by atoms with Crippen LogP contribution in [0.3, 0.4) is 0 Å². The number of hydrogen-bond acceptors (Lipinski definition) is 6. The maximum Gasteiger partial charge on any atom is 0.237 e. The van der Waals surface area contributed by atoms with E-state index in [1.807, 2.05) is 40.0 Å². The summed E-state index contributed by atoms with van der Waals surface area (Å²) in [5.74, 6) is 0.763. The van der Waals surface area contributed by atoms with Gasteiger partial charge in [0.15, 0.2) is 11.0 Å². The Morgan fingerprint density at radius 3 is 2.57 bits per heavy atom. The number of rotatable bonds is 6. The zero-order valence-electron chi connectivity index (χ0n) is 16.4. The molecule has 0 bridgehead atoms. The van der Waals surface area contributed by atoms with Crippen LogP contribution in [-0.2, 0) is 11.8 Å². The highest BCUT2D eigenvalue weighted by Gasteiger charge is 2.31. The molecule has 1 atom stereocenters. The van der Waals surface area contributed by atoms with E-state index in [-0.39, 0.29) is 11.2 Å². The molecule has 0 aromatic carbocycles. The van der Waals surface area contributed by atoms with Crippen LogP contribution in [0, 0.1) is 13.8 Å². The fourth-order valence-electron chi connectivity index (χ4n) is 3.11.